The van der Waals surface area contributed by atoms with Gasteiger partial charge in [-0.3, -0.25) is 4.90 Å². The smallest absolute Gasteiger partial charge is 0.150 e. The predicted molar refractivity (Wildman–Crippen MR) is 70.9 cm³/mol. The summed E-state index contributed by atoms with van der Waals surface area (Å²) in [7, 11) is -2.79. The van der Waals surface area contributed by atoms with Crippen LogP contribution in [-0.4, -0.2) is 75.5 Å². The van der Waals surface area contributed by atoms with Crippen molar-refractivity contribution in [1.29, 1.82) is 0 Å². The number of piperazine rings is 1. The second kappa shape index (κ2) is 7.31. The van der Waals surface area contributed by atoms with Gasteiger partial charge in [-0.1, -0.05) is 6.92 Å². The Balaban J connectivity index is 2.14. The summed E-state index contributed by atoms with van der Waals surface area (Å²) >= 11 is 0. The third-order valence-corrected chi connectivity index (χ3v) is 5.07. The molecule has 1 heterocycles. The fourth-order valence-corrected chi connectivity index (χ4v) is 2.93. The van der Waals surface area contributed by atoms with Crippen molar-refractivity contribution >= 4 is 9.84 Å². The zero-order valence-electron chi connectivity index (χ0n) is 10.8. The molecule has 0 aromatic carbocycles. The van der Waals surface area contributed by atoms with E-state index >= 15 is 0 Å². The Morgan fingerprint density at radius 2 is 1.59 bits per heavy atom. The molecule has 2 N–H and O–H groups in total. The lowest BCUT2D eigenvalue weighted by atomic mass is 10.3. The third-order valence-electron chi connectivity index (χ3n) is 3.28. The summed E-state index contributed by atoms with van der Waals surface area (Å²) in [4.78, 5) is 4.71. The average Bonchev–Trinajstić information content (AvgIpc) is 2.32. The van der Waals surface area contributed by atoms with Gasteiger partial charge in [0.1, 0.15) is 9.84 Å². The quantitative estimate of drug-likeness (QED) is 0.663. The van der Waals surface area contributed by atoms with Crippen molar-refractivity contribution in [2.45, 2.75) is 13.3 Å². The molecule has 0 bridgehead atoms. The molecule has 0 atom stereocenters. The van der Waals surface area contributed by atoms with Crippen molar-refractivity contribution in [2.75, 3.05) is 57.3 Å². The molecule has 1 saturated heterocycles. The van der Waals surface area contributed by atoms with Crippen LogP contribution < -0.4 is 5.73 Å². The molecule has 0 aromatic heterocycles. The Morgan fingerprint density at radius 1 is 1.06 bits per heavy atom. The fourth-order valence-electron chi connectivity index (χ4n) is 2.07. The van der Waals surface area contributed by atoms with Crippen LogP contribution in [0.4, 0.5) is 0 Å². The summed E-state index contributed by atoms with van der Waals surface area (Å²) in [5.74, 6) is 0.587. The maximum absolute atomic E-state index is 11.3. The van der Waals surface area contributed by atoms with E-state index in [4.69, 9.17) is 5.73 Å². The highest BCUT2D eigenvalue weighted by Crippen LogP contribution is 2.03. The Bertz CT molecular complexity index is 298. The predicted octanol–water partition coefficient (Wildman–Crippen LogP) is -0.612. The largest absolute Gasteiger partial charge is 0.329 e. The standard InChI is InChI=1S/C11H25N3O2S/c1-2-17(15,16)11-3-5-13-7-9-14(6-4-12)10-8-13/h2-12H2,1H3. The molecule has 0 aromatic rings. The molecule has 1 fully saturated rings. The van der Waals surface area contributed by atoms with Crippen LogP contribution in [0.3, 0.4) is 0 Å². The molecule has 6 heteroatoms. The van der Waals surface area contributed by atoms with Crippen molar-refractivity contribution in [3.05, 3.63) is 0 Å². The van der Waals surface area contributed by atoms with Crippen molar-refractivity contribution in [1.82, 2.24) is 9.80 Å². The summed E-state index contributed by atoms with van der Waals surface area (Å²) in [6.07, 6.45) is 0.757. The van der Waals surface area contributed by atoms with Crippen molar-refractivity contribution in [2.24, 2.45) is 5.73 Å². The lowest BCUT2D eigenvalue weighted by Crippen LogP contribution is -2.48. The van der Waals surface area contributed by atoms with Crippen LogP contribution in [0.1, 0.15) is 13.3 Å². The summed E-state index contributed by atoms with van der Waals surface area (Å²) in [5.41, 5.74) is 5.52. The molecule has 0 spiro atoms. The fraction of sp³-hybridized carbons (Fsp3) is 1.00. The Morgan fingerprint density at radius 3 is 2.06 bits per heavy atom. The summed E-state index contributed by atoms with van der Waals surface area (Å²) in [6, 6.07) is 0. The van der Waals surface area contributed by atoms with E-state index < -0.39 is 9.84 Å². The molecule has 0 amide bonds. The number of nitrogens with zero attached hydrogens (tertiary/aromatic N) is 2. The van der Waals surface area contributed by atoms with E-state index in [2.05, 4.69) is 9.80 Å². The third kappa shape index (κ3) is 5.81. The number of rotatable bonds is 7. The SMILES string of the molecule is CCS(=O)(=O)CCCN1CCN(CCN)CC1. The second-order valence-electron chi connectivity index (χ2n) is 4.56. The van der Waals surface area contributed by atoms with Gasteiger partial charge in [-0.2, -0.15) is 0 Å². The van der Waals surface area contributed by atoms with E-state index in [-0.39, 0.29) is 5.75 Å². The van der Waals surface area contributed by atoms with Crippen LogP contribution in [0.2, 0.25) is 0 Å². The topological polar surface area (TPSA) is 66.6 Å². The van der Waals surface area contributed by atoms with Crippen LogP contribution in [0.15, 0.2) is 0 Å². The van der Waals surface area contributed by atoms with Crippen molar-refractivity contribution < 1.29 is 8.42 Å². The van der Waals surface area contributed by atoms with Gasteiger partial charge in [-0.05, 0) is 13.0 Å². The number of hydrogen-bond acceptors (Lipinski definition) is 5. The minimum atomic E-state index is -2.79. The first-order valence-electron chi connectivity index (χ1n) is 6.42. The Labute approximate surface area is 105 Å². The van der Waals surface area contributed by atoms with Crippen LogP contribution >= 0.6 is 0 Å². The number of sulfone groups is 1. The van der Waals surface area contributed by atoms with Gasteiger partial charge in [0.25, 0.3) is 0 Å². The van der Waals surface area contributed by atoms with Crippen LogP contribution in [0.25, 0.3) is 0 Å². The van der Waals surface area contributed by atoms with Crippen LogP contribution in [0.5, 0.6) is 0 Å². The number of hydrogen-bond donors (Lipinski definition) is 1. The molecule has 5 nitrogen and oxygen atoms in total. The minimum Gasteiger partial charge on any atom is -0.329 e. The van der Waals surface area contributed by atoms with Crippen molar-refractivity contribution in [3.8, 4) is 0 Å². The molecule has 0 unspecified atom stereocenters. The van der Waals surface area contributed by atoms with E-state index in [1.165, 1.54) is 0 Å². The monoisotopic (exact) mass is 263 g/mol. The molecule has 17 heavy (non-hydrogen) atoms. The van der Waals surface area contributed by atoms with Gasteiger partial charge in [0.15, 0.2) is 0 Å². The molecular weight excluding hydrogens is 238 g/mol. The molecule has 0 saturated carbocycles. The lowest BCUT2D eigenvalue weighted by Gasteiger charge is -2.34. The normalized spacial score (nSPS) is 19.6. The van der Waals surface area contributed by atoms with Gasteiger partial charge >= 0.3 is 0 Å². The van der Waals surface area contributed by atoms with Gasteiger partial charge in [-0.15, -0.1) is 0 Å². The van der Waals surface area contributed by atoms with E-state index in [1.807, 2.05) is 0 Å². The Hall–Kier alpha value is -0.170. The van der Waals surface area contributed by atoms with E-state index in [0.717, 1.165) is 52.2 Å². The first-order chi connectivity index (χ1) is 8.07. The van der Waals surface area contributed by atoms with E-state index in [1.54, 1.807) is 6.92 Å². The molecule has 102 valence electrons. The highest BCUT2D eigenvalue weighted by atomic mass is 32.2. The second-order valence-corrected chi connectivity index (χ2v) is 7.03. The molecule has 1 aliphatic heterocycles. The van der Waals surface area contributed by atoms with Crippen LogP contribution in [0, 0.1) is 0 Å². The number of nitrogens with two attached hydrogens (primary N) is 1. The first kappa shape index (κ1) is 14.9. The summed E-state index contributed by atoms with van der Waals surface area (Å²) in [5, 5.41) is 0. The average molecular weight is 263 g/mol. The maximum atomic E-state index is 11.3. The summed E-state index contributed by atoms with van der Waals surface area (Å²) in [6.45, 7) is 8.47. The lowest BCUT2D eigenvalue weighted by molar-refractivity contribution is 0.135. The van der Waals surface area contributed by atoms with Gasteiger partial charge in [0, 0.05) is 45.0 Å². The zero-order chi connectivity index (χ0) is 12.7. The molecular formula is C11H25N3O2S. The maximum Gasteiger partial charge on any atom is 0.150 e. The molecule has 1 aliphatic rings. The van der Waals surface area contributed by atoms with Crippen LogP contribution in [-0.2, 0) is 9.84 Å². The van der Waals surface area contributed by atoms with E-state index in [9.17, 15) is 8.42 Å². The van der Waals surface area contributed by atoms with Gasteiger partial charge in [0.2, 0.25) is 0 Å². The highest BCUT2D eigenvalue weighted by molar-refractivity contribution is 7.91. The minimum absolute atomic E-state index is 0.261. The van der Waals surface area contributed by atoms with Gasteiger partial charge in [-0.25, -0.2) is 8.42 Å². The van der Waals surface area contributed by atoms with Crippen molar-refractivity contribution in [3.63, 3.8) is 0 Å². The zero-order valence-corrected chi connectivity index (χ0v) is 11.6. The molecule has 0 radical (unpaired) electrons. The highest BCUT2D eigenvalue weighted by Gasteiger charge is 2.16. The van der Waals surface area contributed by atoms with Gasteiger partial charge < -0.3 is 10.6 Å². The molecule has 0 aliphatic carbocycles. The van der Waals surface area contributed by atoms with E-state index in [0.29, 0.717) is 5.75 Å². The first-order valence-corrected chi connectivity index (χ1v) is 8.24. The van der Waals surface area contributed by atoms with Gasteiger partial charge in [0.05, 0.1) is 5.75 Å². The molecule has 1 rings (SSSR count). The Kier molecular flexibility index (Phi) is 6.40. The summed E-state index contributed by atoms with van der Waals surface area (Å²) < 4.78 is 22.7.